The van der Waals surface area contributed by atoms with Crippen molar-refractivity contribution in [2.45, 2.75) is 266 Å². The summed E-state index contributed by atoms with van der Waals surface area (Å²) in [6.45, 7) is 39.2. The Bertz CT molecular complexity index is 5900. The van der Waals surface area contributed by atoms with E-state index < -0.39 is 5.97 Å². The number of anilines is 4. The number of aromatic carboxylic acids is 1. The first-order valence-corrected chi connectivity index (χ1v) is 52.5. The number of fused-ring (bicyclic) bond motifs is 4. The third kappa shape index (κ3) is 26.6. The Hall–Kier alpha value is -9.93. The number of piperidine rings is 3. The standard InChI is InChI=1S/C32H44N4O5.C25H36N2O4.C24H34N2O4.C20H26BrNO4.C8H12N2O2.ClH/c1-5-24-27(36(6-2)22-10-14-40-15-11-22)18-29-25(17-23(41-29)20-35-12-8-7-9-13-35)30(24)32(38)33-19-26-28(39-4)16-21(3)34-31(26)37;1-4-20-22(27(5-2)18-9-13-30-14-10-18)16-23-21(24(20)25(28)29-3)15-19(31-23)17-26-11-7-6-8-12-26;1-3-19-21(26(4-2)17-8-12-29-13-9-17)15-22-20(23(19)24(27)28)14-18(30-22)16-25-10-6-5-7-11-25;1-4-15-17(22(5-2)13-6-8-25-9-7-13)11-18-16(10-14(12-21)26-18)19(15)20(23)24-3;1-5-3-7(12-2)6(4-9)8(11)10-5;/h16-18,22H,5-15,19-20H2,1-4H3,(H,33,38)(H,34,37);15-16,18H,4-14,17H2,1-3H3;14-15,17H,3-13,16H2,1-2H3,(H,27,28);10-11,13H,4-9,12H2,1-3H3;3H,4,9H2,1-2H3,(H,10,11);1H. The van der Waals surface area contributed by atoms with Crippen molar-refractivity contribution in [1.82, 2.24) is 30.0 Å². The number of hydrogen-bond acceptors (Lipinski definition) is 26. The molecule has 13 heterocycles. The van der Waals surface area contributed by atoms with Crippen LogP contribution < -0.4 is 51.2 Å². The number of aromatic nitrogens is 2. The van der Waals surface area contributed by atoms with Crippen LogP contribution in [0.25, 0.3) is 43.9 Å². The molecule has 0 unspecified atom stereocenters. The second-order valence-electron chi connectivity index (χ2n) is 37.4. The number of aryl methyl sites for hydroxylation is 2. The lowest BCUT2D eigenvalue weighted by Crippen LogP contribution is -2.40. The summed E-state index contributed by atoms with van der Waals surface area (Å²) >= 11 is 3.44. The normalized spacial score (nSPS) is 16.6. The van der Waals surface area contributed by atoms with E-state index in [9.17, 15) is 33.9 Å². The average molecular weight is 2040 g/mol. The number of furan rings is 4. The number of pyridine rings is 2. The lowest BCUT2D eigenvalue weighted by atomic mass is 9.95. The topological polar surface area (TPSA) is 341 Å². The molecule has 4 aromatic carbocycles. The molecule has 32 heteroatoms. The van der Waals surface area contributed by atoms with Crippen LogP contribution in [-0.2, 0) is 92.2 Å². The predicted molar refractivity (Wildman–Crippen MR) is 562 cm³/mol. The van der Waals surface area contributed by atoms with Crippen LogP contribution in [0.2, 0.25) is 0 Å². The number of carboxylic acid groups (broad SMARTS) is 1. The number of esters is 2. The minimum absolute atomic E-state index is 0. The fourth-order valence-electron chi connectivity index (χ4n) is 21.8. The number of carboxylic acids is 1. The Balaban J connectivity index is 0.000000163. The number of carbonyl (C=O) groups excluding carboxylic acids is 3. The SMILES string of the molecule is CCc1c(N(CC)C2CCOCC2)cc2oc(CBr)cc2c1C(=O)OC.CCc1c(N(CC)C2CCOCC2)cc2oc(CN3CCCCC3)cc2c1C(=O)NCc1c(OC)cc(C)[nH]c1=O.CCc1c(N(CC)C2CCOCC2)cc2oc(CN3CCCCC3)cc2c1C(=O)O.CCc1c(N(CC)C2CCOCC2)cc2oc(CN3CCCCC3)cc2c1C(=O)OC.COc1cc(C)[nH]c(=O)c1CN.Cl. The molecule has 772 valence electrons. The summed E-state index contributed by atoms with van der Waals surface area (Å²) in [5.41, 5.74) is 20.8. The van der Waals surface area contributed by atoms with Gasteiger partial charge in [-0.3, -0.25) is 29.1 Å². The lowest BCUT2D eigenvalue weighted by Gasteiger charge is -2.37. The zero-order chi connectivity index (χ0) is 99.6. The number of benzene rings is 4. The van der Waals surface area contributed by atoms with Crippen molar-refractivity contribution >= 4 is 119 Å². The molecule has 0 aliphatic carbocycles. The fraction of sp³-hybridized carbons (Fsp3) is 0.578. The third-order valence-corrected chi connectivity index (χ3v) is 29.3. The van der Waals surface area contributed by atoms with Gasteiger partial charge in [-0.2, -0.15) is 0 Å². The van der Waals surface area contributed by atoms with Gasteiger partial charge in [0.25, 0.3) is 17.0 Å². The summed E-state index contributed by atoms with van der Waals surface area (Å²) in [6, 6.07) is 21.5. The first kappa shape index (κ1) is 110. The second kappa shape index (κ2) is 53.6. The lowest BCUT2D eigenvalue weighted by molar-refractivity contribution is 0.0592. The quantitative estimate of drug-likeness (QED) is 0.0193. The molecule has 6 N–H and O–H groups in total. The number of H-pyrrole nitrogens is 2. The zero-order valence-electron chi connectivity index (χ0n) is 85.7. The van der Waals surface area contributed by atoms with E-state index in [4.69, 9.17) is 61.3 Å². The van der Waals surface area contributed by atoms with E-state index in [1.807, 2.05) is 25.1 Å². The molecular formula is C109H153BrClN11O19. The minimum atomic E-state index is -0.868. The number of aromatic amines is 2. The first-order valence-electron chi connectivity index (χ1n) is 51.4. The molecule has 10 aromatic rings. The molecule has 7 aliphatic rings. The summed E-state index contributed by atoms with van der Waals surface area (Å²) in [5, 5.41) is 17.0. The van der Waals surface area contributed by atoms with Crippen LogP contribution >= 0.6 is 28.3 Å². The van der Waals surface area contributed by atoms with Crippen LogP contribution in [0.3, 0.4) is 0 Å². The zero-order valence-corrected chi connectivity index (χ0v) is 88.1. The van der Waals surface area contributed by atoms with Gasteiger partial charge < -0.3 is 101 Å². The van der Waals surface area contributed by atoms with Crippen LogP contribution in [0.15, 0.2) is 87.9 Å². The number of rotatable bonds is 32. The molecule has 7 fully saturated rings. The summed E-state index contributed by atoms with van der Waals surface area (Å²) in [4.78, 5) is 98.3. The Morgan fingerprint density at radius 1 is 0.411 bits per heavy atom. The number of ether oxygens (including phenoxy) is 8. The van der Waals surface area contributed by atoms with Crippen LogP contribution in [0.1, 0.15) is 274 Å². The van der Waals surface area contributed by atoms with Gasteiger partial charge >= 0.3 is 17.9 Å². The molecule has 7 saturated heterocycles. The highest BCUT2D eigenvalue weighted by Gasteiger charge is 2.36. The van der Waals surface area contributed by atoms with Gasteiger partial charge in [-0.15, -0.1) is 12.4 Å². The number of alkyl halides is 1. The number of hydrogen-bond donors (Lipinski definition) is 5. The summed E-state index contributed by atoms with van der Waals surface area (Å²) < 4.78 is 68.1. The summed E-state index contributed by atoms with van der Waals surface area (Å²) in [5.74, 6) is 2.81. The number of nitrogens with zero attached hydrogens (tertiary/aromatic N) is 7. The van der Waals surface area contributed by atoms with Gasteiger partial charge in [-0.1, -0.05) is 62.9 Å². The Morgan fingerprint density at radius 3 is 0.986 bits per heavy atom. The van der Waals surface area contributed by atoms with Crippen LogP contribution in [0, 0.1) is 13.8 Å². The number of carbonyl (C=O) groups is 4. The molecule has 0 bridgehead atoms. The monoisotopic (exact) mass is 2030 g/mol. The molecular weight excluding hydrogens is 1880 g/mol. The van der Waals surface area contributed by atoms with Gasteiger partial charge in [-0.25, -0.2) is 14.4 Å². The molecule has 17 rings (SSSR count). The van der Waals surface area contributed by atoms with Gasteiger partial charge in [0.1, 0.15) is 56.9 Å². The molecule has 141 heavy (non-hydrogen) atoms. The molecule has 0 spiro atoms. The fourth-order valence-corrected chi connectivity index (χ4v) is 22.1. The number of amides is 1. The number of nitrogens with two attached hydrogens (primary N) is 1. The largest absolute Gasteiger partial charge is 0.496 e. The smallest absolute Gasteiger partial charge is 0.338 e. The van der Waals surface area contributed by atoms with E-state index in [0.717, 1.165) is 314 Å². The van der Waals surface area contributed by atoms with E-state index in [1.54, 1.807) is 26.0 Å². The maximum absolute atomic E-state index is 14.1. The molecule has 0 atom stereocenters. The highest BCUT2D eigenvalue weighted by Crippen LogP contribution is 2.44. The molecule has 6 aromatic heterocycles. The maximum atomic E-state index is 14.1. The van der Waals surface area contributed by atoms with E-state index >= 15 is 0 Å². The summed E-state index contributed by atoms with van der Waals surface area (Å²) in [6.07, 6.45) is 21.9. The third-order valence-electron chi connectivity index (χ3n) is 28.7. The van der Waals surface area contributed by atoms with E-state index in [-0.39, 0.29) is 54.5 Å². The Labute approximate surface area is 844 Å². The molecule has 0 radical (unpaired) electrons. The molecule has 7 aliphatic heterocycles. The minimum Gasteiger partial charge on any atom is -0.496 e. The van der Waals surface area contributed by atoms with Crippen molar-refractivity contribution < 1.29 is 79.8 Å². The van der Waals surface area contributed by atoms with Gasteiger partial charge in [0, 0.05) is 190 Å². The van der Waals surface area contributed by atoms with E-state index in [1.165, 1.54) is 86.2 Å². The Kier molecular flexibility index (Phi) is 41.8. The van der Waals surface area contributed by atoms with E-state index in [2.05, 4.69) is 144 Å². The van der Waals surface area contributed by atoms with Crippen molar-refractivity contribution in [3.05, 3.63) is 171 Å². The predicted octanol–water partition coefficient (Wildman–Crippen LogP) is 19.6. The van der Waals surface area contributed by atoms with Gasteiger partial charge in [0.2, 0.25) is 0 Å². The van der Waals surface area contributed by atoms with Crippen LogP contribution in [0.5, 0.6) is 11.5 Å². The van der Waals surface area contributed by atoms with Crippen molar-refractivity contribution in [3.63, 3.8) is 0 Å². The van der Waals surface area contributed by atoms with Crippen LogP contribution in [-0.4, -0.2) is 224 Å². The molecule has 1 amide bonds. The van der Waals surface area contributed by atoms with Gasteiger partial charge in [0.05, 0.1) is 93.3 Å². The van der Waals surface area contributed by atoms with Crippen molar-refractivity contribution in [3.8, 4) is 11.5 Å². The highest BCUT2D eigenvalue weighted by atomic mass is 79.9. The maximum Gasteiger partial charge on any atom is 0.338 e. The number of methoxy groups -OCH3 is 4. The van der Waals surface area contributed by atoms with Crippen molar-refractivity contribution in [2.24, 2.45) is 5.73 Å². The van der Waals surface area contributed by atoms with Crippen molar-refractivity contribution in [2.75, 3.05) is 166 Å². The highest BCUT2D eigenvalue weighted by molar-refractivity contribution is 9.08. The van der Waals surface area contributed by atoms with Gasteiger partial charge in [0.15, 0.2) is 0 Å². The van der Waals surface area contributed by atoms with E-state index in [0.29, 0.717) is 98.5 Å². The summed E-state index contributed by atoms with van der Waals surface area (Å²) in [7, 11) is 5.95. The van der Waals surface area contributed by atoms with Crippen molar-refractivity contribution in [1.29, 1.82) is 0 Å². The number of nitrogens with one attached hydrogen (secondary N) is 3. The molecule has 30 nitrogen and oxygen atoms in total. The number of likely N-dealkylation sites (tertiary alicyclic amines) is 3. The van der Waals surface area contributed by atoms with Gasteiger partial charge in [-0.05, 0) is 255 Å². The Morgan fingerprint density at radius 2 is 0.695 bits per heavy atom. The first-order chi connectivity index (χ1) is 68.0. The second-order valence-corrected chi connectivity index (χ2v) is 38.0. The average Bonchev–Trinajstić information content (AvgIpc) is 1.67. The molecule has 0 saturated carbocycles. The number of halogens is 2. The van der Waals surface area contributed by atoms with Crippen LogP contribution in [0.4, 0.5) is 22.7 Å².